The van der Waals surface area contributed by atoms with Crippen LogP contribution in [0.25, 0.3) is 0 Å². The second kappa shape index (κ2) is 5.64. The fourth-order valence-electron chi connectivity index (χ4n) is 1.40. The maximum absolute atomic E-state index is 12.0. The zero-order valence-electron chi connectivity index (χ0n) is 9.68. The highest BCUT2D eigenvalue weighted by atomic mass is 79.9. The van der Waals surface area contributed by atoms with E-state index in [0.717, 1.165) is 4.47 Å². The highest BCUT2D eigenvalue weighted by Gasteiger charge is 2.08. The molecule has 0 unspecified atom stereocenters. The van der Waals surface area contributed by atoms with Crippen LogP contribution < -0.4 is 10.1 Å². The van der Waals surface area contributed by atoms with Crippen LogP contribution in [0.5, 0.6) is 5.75 Å². The molecule has 1 aromatic heterocycles. The van der Waals surface area contributed by atoms with E-state index >= 15 is 0 Å². The van der Waals surface area contributed by atoms with Gasteiger partial charge in [0, 0.05) is 11.8 Å². The Hall–Kier alpha value is -1.88. The molecule has 5 heteroatoms. The molecule has 0 aliphatic rings. The van der Waals surface area contributed by atoms with Crippen LogP contribution in [0.4, 0.5) is 5.82 Å². The molecule has 0 bridgehead atoms. The van der Waals surface area contributed by atoms with E-state index in [2.05, 4.69) is 26.2 Å². The number of rotatable bonds is 3. The first-order valence-corrected chi connectivity index (χ1v) is 6.06. The van der Waals surface area contributed by atoms with Gasteiger partial charge >= 0.3 is 0 Å². The number of carbonyl (C=O) groups excluding carboxylic acids is 1. The van der Waals surface area contributed by atoms with Crippen molar-refractivity contribution in [2.75, 3.05) is 12.4 Å². The fourth-order valence-corrected chi connectivity index (χ4v) is 1.75. The zero-order valence-corrected chi connectivity index (χ0v) is 11.3. The molecule has 0 aliphatic heterocycles. The molecular formula is C13H11BrN2O2. The van der Waals surface area contributed by atoms with E-state index < -0.39 is 0 Å². The molecule has 0 fully saturated rings. The molecule has 0 spiro atoms. The number of pyridine rings is 1. The lowest BCUT2D eigenvalue weighted by molar-refractivity contribution is 0.102. The fraction of sp³-hybridized carbons (Fsp3) is 0.0769. The van der Waals surface area contributed by atoms with E-state index in [0.29, 0.717) is 17.1 Å². The lowest BCUT2D eigenvalue weighted by atomic mass is 10.2. The van der Waals surface area contributed by atoms with Gasteiger partial charge in [0.15, 0.2) is 0 Å². The number of hydrogen-bond donors (Lipinski definition) is 1. The molecule has 0 radical (unpaired) electrons. The van der Waals surface area contributed by atoms with Crippen molar-refractivity contribution in [1.29, 1.82) is 0 Å². The monoisotopic (exact) mass is 306 g/mol. The van der Waals surface area contributed by atoms with Crippen molar-refractivity contribution in [2.24, 2.45) is 0 Å². The highest BCUT2D eigenvalue weighted by molar-refractivity contribution is 9.10. The minimum Gasteiger partial charge on any atom is -0.497 e. The van der Waals surface area contributed by atoms with Crippen LogP contribution in [-0.4, -0.2) is 18.0 Å². The first-order chi connectivity index (χ1) is 8.70. The molecule has 92 valence electrons. The average molecular weight is 307 g/mol. The van der Waals surface area contributed by atoms with Crippen LogP contribution in [0.3, 0.4) is 0 Å². The van der Waals surface area contributed by atoms with Crippen molar-refractivity contribution in [1.82, 2.24) is 4.98 Å². The van der Waals surface area contributed by atoms with Gasteiger partial charge in [0.05, 0.1) is 11.6 Å². The molecule has 1 aromatic carbocycles. The number of methoxy groups -OCH3 is 1. The van der Waals surface area contributed by atoms with Gasteiger partial charge in [-0.3, -0.25) is 4.79 Å². The van der Waals surface area contributed by atoms with Crippen LogP contribution >= 0.6 is 15.9 Å². The second-order valence-corrected chi connectivity index (χ2v) is 4.37. The normalized spacial score (nSPS) is 9.89. The summed E-state index contributed by atoms with van der Waals surface area (Å²) in [5.41, 5.74) is 0.549. The highest BCUT2D eigenvalue weighted by Crippen LogP contribution is 2.19. The molecular weight excluding hydrogens is 296 g/mol. The number of amides is 1. The van der Waals surface area contributed by atoms with E-state index in [1.54, 1.807) is 43.6 Å². The number of ether oxygens (including phenoxy) is 1. The third-order valence-corrected chi connectivity index (χ3v) is 2.98. The quantitative estimate of drug-likeness (QED) is 0.948. The summed E-state index contributed by atoms with van der Waals surface area (Å²) in [4.78, 5) is 16.0. The van der Waals surface area contributed by atoms with Crippen molar-refractivity contribution in [3.8, 4) is 5.75 Å². The topological polar surface area (TPSA) is 51.2 Å². The van der Waals surface area contributed by atoms with E-state index in [9.17, 15) is 4.79 Å². The van der Waals surface area contributed by atoms with Crippen molar-refractivity contribution >= 4 is 27.7 Å². The standard InChI is InChI=1S/C13H11BrN2O2/c1-18-10-6-4-9(5-7-10)13(17)16-12-11(14)3-2-8-15-12/h2-8H,1H3,(H,15,16,17). The second-order valence-electron chi connectivity index (χ2n) is 3.52. The Kier molecular flexibility index (Phi) is 3.94. The summed E-state index contributed by atoms with van der Waals surface area (Å²) in [6.45, 7) is 0. The molecule has 0 atom stereocenters. The number of benzene rings is 1. The number of anilines is 1. The zero-order chi connectivity index (χ0) is 13.0. The molecule has 0 saturated heterocycles. The summed E-state index contributed by atoms with van der Waals surface area (Å²) in [7, 11) is 1.58. The Balaban J connectivity index is 2.14. The summed E-state index contributed by atoms with van der Waals surface area (Å²) in [5.74, 6) is 1.00. The van der Waals surface area contributed by atoms with Crippen molar-refractivity contribution < 1.29 is 9.53 Å². The van der Waals surface area contributed by atoms with Gasteiger partial charge in [-0.05, 0) is 52.3 Å². The predicted molar refractivity (Wildman–Crippen MR) is 72.9 cm³/mol. The van der Waals surface area contributed by atoms with Crippen LogP contribution in [0.2, 0.25) is 0 Å². The van der Waals surface area contributed by atoms with E-state index in [-0.39, 0.29) is 5.91 Å². The van der Waals surface area contributed by atoms with Crippen LogP contribution in [0.1, 0.15) is 10.4 Å². The number of aromatic nitrogens is 1. The van der Waals surface area contributed by atoms with Gasteiger partial charge in [-0.25, -0.2) is 4.98 Å². The smallest absolute Gasteiger partial charge is 0.256 e. The first kappa shape index (κ1) is 12.6. The molecule has 2 rings (SSSR count). The largest absolute Gasteiger partial charge is 0.497 e. The van der Waals surface area contributed by atoms with Crippen LogP contribution in [-0.2, 0) is 0 Å². The number of hydrogen-bond acceptors (Lipinski definition) is 3. The Bertz CT molecular complexity index is 555. The number of carbonyl (C=O) groups is 1. The summed E-state index contributed by atoms with van der Waals surface area (Å²) in [5, 5.41) is 2.73. The predicted octanol–water partition coefficient (Wildman–Crippen LogP) is 3.11. The Morgan fingerprint density at radius 3 is 2.61 bits per heavy atom. The lowest BCUT2D eigenvalue weighted by Gasteiger charge is -2.06. The summed E-state index contributed by atoms with van der Waals surface area (Å²) in [6, 6.07) is 10.5. The number of halogens is 1. The van der Waals surface area contributed by atoms with Gasteiger partial charge in [-0.1, -0.05) is 0 Å². The van der Waals surface area contributed by atoms with E-state index in [1.165, 1.54) is 0 Å². The van der Waals surface area contributed by atoms with Gasteiger partial charge in [-0.2, -0.15) is 0 Å². The van der Waals surface area contributed by atoms with Crippen molar-refractivity contribution in [3.63, 3.8) is 0 Å². The van der Waals surface area contributed by atoms with Gasteiger partial charge in [0.25, 0.3) is 5.91 Å². The summed E-state index contributed by atoms with van der Waals surface area (Å²) >= 11 is 3.32. The summed E-state index contributed by atoms with van der Waals surface area (Å²) in [6.07, 6.45) is 1.62. The van der Waals surface area contributed by atoms with Gasteiger partial charge < -0.3 is 10.1 Å². The molecule has 18 heavy (non-hydrogen) atoms. The Morgan fingerprint density at radius 2 is 2.00 bits per heavy atom. The Labute approximate surface area is 113 Å². The molecule has 0 saturated carbocycles. The maximum atomic E-state index is 12.0. The van der Waals surface area contributed by atoms with Gasteiger partial charge in [0.1, 0.15) is 11.6 Å². The van der Waals surface area contributed by atoms with E-state index in [4.69, 9.17) is 4.74 Å². The van der Waals surface area contributed by atoms with Crippen molar-refractivity contribution in [3.05, 3.63) is 52.6 Å². The average Bonchev–Trinajstić information content (AvgIpc) is 2.41. The maximum Gasteiger partial charge on any atom is 0.256 e. The lowest BCUT2D eigenvalue weighted by Crippen LogP contribution is -2.13. The minimum atomic E-state index is -0.211. The van der Waals surface area contributed by atoms with Crippen LogP contribution in [0, 0.1) is 0 Å². The molecule has 1 heterocycles. The third kappa shape index (κ3) is 2.87. The molecule has 1 N–H and O–H groups in total. The van der Waals surface area contributed by atoms with E-state index in [1.807, 2.05) is 6.07 Å². The summed E-state index contributed by atoms with van der Waals surface area (Å²) < 4.78 is 5.78. The number of nitrogens with one attached hydrogen (secondary N) is 1. The first-order valence-electron chi connectivity index (χ1n) is 5.26. The van der Waals surface area contributed by atoms with Crippen molar-refractivity contribution in [2.45, 2.75) is 0 Å². The number of nitrogens with zero attached hydrogens (tertiary/aromatic N) is 1. The van der Waals surface area contributed by atoms with Gasteiger partial charge in [0.2, 0.25) is 0 Å². The molecule has 4 nitrogen and oxygen atoms in total. The minimum absolute atomic E-state index is 0.211. The molecule has 2 aromatic rings. The SMILES string of the molecule is COc1ccc(C(=O)Nc2ncccc2Br)cc1. The van der Waals surface area contributed by atoms with Crippen LogP contribution in [0.15, 0.2) is 47.1 Å². The molecule has 1 amide bonds. The van der Waals surface area contributed by atoms with Gasteiger partial charge in [-0.15, -0.1) is 0 Å². The third-order valence-electron chi connectivity index (χ3n) is 2.34. The molecule has 0 aliphatic carbocycles. The Morgan fingerprint density at radius 1 is 1.28 bits per heavy atom.